The molecule has 1 aromatic rings. The molecule has 780 valence electrons. The molecule has 7 atom stereocenters. The first-order valence-corrected chi connectivity index (χ1v) is 50.1. The van der Waals surface area contributed by atoms with E-state index in [1.807, 2.05) is 287 Å². The summed E-state index contributed by atoms with van der Waals surface area (Å²) in [6.45, 7) is 90.9. The molecule has 9 N–H and O–H groups in total. The van der Waals surface area contributed by atoms with E-state index >= 15 is 0 Å². The van der Waals surface area contributed by atoms with Crippen LogP contribution in [0.4, 0.5) is 0 Å². The SMILES string of the molecule is CC(C)C[C@H](NC(C)C)C(=O)OC(C)C.CC(C)NC(C)(C)C(=O)OC(C)C.CC(C)N[C@@H](Cc1ccccc1)C(=O)OC(C)C.CCC(CC)OC(=O)[C@H](C)NC(C)(C)C.CCC[C@H](NC(C)(C)C)C(=O)OC(C)C.CCOC(=O)C(C)(C)NC(C)C.CC[C@H](NC(C)C)C(=O)OC(C)C.C[C@H](NC(C)(C)C)C(=O)OC1CCCC1.C[C@H](NC(C)(C)C)C(=O)OC1CCCCC1. The molecule has 27 heteroatoms. The number of esters is 9. The van der Waals surface area contributed by atoms with Gasteiger partial charge in [-0.25, -0.2) is 0 Å². The zero-order valence-corrected chi connectivity index (χ0v) is 92.9. The Balaban J connectivity index is -0.000000339. The van der Waals surface area contributed by atoms with E-state index in [0.29, 0.717) is 31.0 Å². The number of nitrogens with one attached hydrogen (secondary N) is 9. The molecule has 3 rings (SSSR count). The Labute approximate surface area is 807 Å². The molecule has 0 spiro atoms. The third-order valence-corrected chi connectivity index (χ3v) is 18.3. The minimum Gasteiger partial charge on any atom is -0.465 e. The molecular weight excluding hydrogens is 1680 g/mol. The van der Waals surface area contributed by atoms with E-state index in [1.165, 1.54) is 32.1 Å². The highest BCUT2D eigenvalue weighted by molar-refractivity contribution is 5.81. The van der Waals surface area contributed by atoms with Crippen molar-refractivity contribution in [1.82, 2.24) is 47.9 Å². The van der Waals surface area contributed by atoms with E-state index in [9.17, 15) is 43.2 Å². The number of rotatable bonds is 41. The van der Waals surface area contributed by atoms with Gasteiger partial charge in [0.05, 0.1) is 37.1 Å². The van der Waals surface area contributed by atoms with Crippen molar-refractivity contribution in [3.63, 3.8) is 0 Å². The molecule has 0 amide bonds. The van der Waals surface area contributed by atoms with Gasteiger partial charge in [-0.15, -0.1) is 0 Å². The van der Waals surface area contributed by atoms with Gasteiger partial charge in [0, 0.05) is 52.4 Å². The van der Waals surface area contributed by atoms with Crippen LogP contribution in [0.25, 0.3) is 0 Å². The predicted molar refractivity (Wildman–Crippen MR) is 544 cm³/mol. The number of hydrogen-bond acceptors (Lipinski definition) is 27. The van der Waals surface area contributed by atoms with Gasteiger partial charge in [-0.1, -0.05) is 126 Å². The van der Waals surface area contributed by atoms with Crippen LogP contribution in [0.15, 0.2) is 30.3 Å². The lowest BCUT2D eigenvalue weighted by molar-refractivity contribution is -0.155. The molecule has 0 radical (unpaired) electrons. The average molecular weight is 1880 g/mol. The Morgan fingerprint density at radius 2 is 0.636 bits per heavy atom. The highest BCUT2D eigenvalue weighted by Gasteiger charge is 2.34. The lowest BCUT2D eigenvalue weighted by Gasteiger charge is -2.27. The number of hydrogen-bond donors (Lipinski definition) is 9. The van der Waals surface area contributed by atoms with E-state index in [-0.39, 0.29) is 185 Å². The average Bonchev–Trinajstić information content (AvgIpc) is 1.32. The summed E-state index contributed by atoms with van der Waals surface area (Å²) in [4.78, 5) is 105. The fourth-order valence-corrected chi connectivity index (χ4v) is 13.4. The summed E-state index contributed by atoms with van der Waals surface area (Å²) < 4.78 is 47.1. The number of benzene rings is 1. The second-order valence-corrected chi connectivity index (χ2v) is 43.3. The van der Waals surface area contributed by atoms with Crippen molar-refractivity contribution >= 4 is 53.7 Å². The van der Waals surface area contributed by atoms with Crippen LogP contribution >= 0.6 is 0 Å². The first-order chi connectivity index (χ1) is 60.3. The second-order valence-electron chi connectivity index (χ2n) is 43.3. The first-order valence-electron chi connectivity index (χ1n) is 50.1. The summed E-state index contributed by atoms with van der Waals surface area (Å²) >= 11 is 0. The number of carbonyl (C=O) groups excluding carboxylic acids is 9. The summed E-state index contributed by atoms with van der Waals surface area (Å²) in [5, 5.41) is 28.9. The molecule has 1 aromatic carbocycles. The van der Waals surface area contributed by atoms with Crippen LogP contribution in [0.3, 0.4) is 0 Å². The minimum absolute atomic E-state index is 0.0319. The van der Waals surface area contributed by atoms with E-state index in [0.717, 1.165) is 69.8 Å². The fourth-order valence-electron chi connectivity index (χ4n) is 13.4. The fraction of sp³-hybridized carbons (Fsp3) is 0.857. The molecule has 2 saturated carbocycles. The maximum Gasteiger partial charge on any atom is 0.326 e. The van der Waals surface area contributed by atoms with Crippen LogP contribution in [0, 0.1) is 5.92 Å². The molecule has 0 aromatic heterocycles. The van der Waals surface area contributed by atoms with Gasteiger partial charge < -0.3 is 69.2 Å². The molecule has 0 unspecified atom stereocenters. The van der Waals surface area contributed by atoms with E-state index < -0.39 is 11.1 Å². The summed E-state index contributed by atoms with van der Waals surface area (Å²) in [5.41, 5.74) is -0.263. The van der Waals surface area contributed by atoms with Crippen LogP contribution in [0.2, 0.25) is 0 Å². The zero-order valence-electron chi connectivity index (χ0n) is 92.9. The predicted octanol–water partition coefficient (Wildman–Crippen LogP) is 19.5. The van der Waals surface area contributed by atoms with Gasteiger partial charge >= 0.3 is 53.7 Å². The van der Waals surface area contributed by atoms with Crippen LogP contribution in [-0.2, 0) is 92.2 Å². The Morgan fingerprint density at radius 3 is 0.939 bits per heavy atom. The Hall–Kier alpha value is -5.91. The number of carbonyl (C=O) groups is 9. The van der Waals surface area contributed by atoms with Crippen molar-refractivity contribution in [3.8, 4) is 0 Å². The van der Waals surface area contributed by atoms with Gasteiger partial charge in [-0.3, -0.25) is 64.4 Å². The third-order valence-electron chi connectivity index (χ3n) is 18.3. The van der Waals surface area contributed by atoms with Crippen LogP contribution in [-0.4, -0.2) is 215 Å². The van der Waals surface area contributed by atoms with Crippen LogP contribution < -0.4 is 47.9 Å². The number of ether oxygens (including phenoxy) is 9. The molecule has 2 aliphatic rings. The maximum atomic E-state index is 12.0. The highest BCUT2D eigenvalue weighted by atomic mass is 16.6. The van der Waals surface area contributed by atoms with Crippen molar-refractivity contribution < 1.29 is 85.8 Å². The molecule has 27 nitrogen and oxygen atoms in total. The van der Waals surface area contributed by atoms with Crippen molar-refractivity contribution in [3.05, 3.63) is 35.9 Å². The lowest BCUT2D eigenvalue weighted by atomic mass is 9.98. The molecule has 132 heavy (non-hydrogen) atoms. The molecule has 0 saturated heterocycles. The minimum atomic E-state index is -0.599. The lowest BCUT2D eigenvalue weighted by Crippen LogP contribution is -2.51. The van der Waals surface area contributed by atoms with E-state index in [2.05, 4.69) is 110 Å². The Bertz CT molecular complexity index is 3090. The molecule has 0 bridgehead atoms. The summed E-state index contributed by atoms with van der Waals surface area (Å²) in [6.07, 6.45) is 16.1. The third kappa shape index (κ3) is 82.4. The Kier molecular flexibility index (Phi) is 75.1. The molecular formula is C105H207N9O18. The van der Waals surface area contributed by atoms with E-state index in [1.54, 1.807) is 0 Å². The highest BCUT2D eigenvalue weighted by Crippen LogP contribution is 2.24. The molecule has 0 heterocycles. The van der Waals surface area contributed by atoms with Gasteiger partial charge in [0.25, 0.3) is 0 Å². The van der Waals surface area contributed by atoms with Crippen LogP contribution in [0.5, 0.6) is 0 Å². The summed E-state index contributed by atoms with van der Waals surface area (Å²) in [7, 11) is 0. The molecule has 0 aliphatic heterocycles. The van der Waals surface area contributed by atoms with Gasteiger partial charge in [0.2, 0.25) is 0 Å². The monoisotopic (exact) mass is 1880 g/mol. The topological polar surface area (TPSA) is 345 Å². The zero-order chi connectivity index (χ0) is 104. The molecule has 2 fully saturated rings. The Morgan fingerprint density at radius 1 is 0.326 bits per heavy atom. The summed E-state index contributed by atoms with van der Waals surface area (Å²) in [5.74, 6) is -0.879. The normalized spacial score (nSPS) is 14.9. The quantitative estimate of drug-likeness (QED) is 0.0217. The van der Waals surface area contributed by atoms with Crippen molar-refractivity contribution in [2.75, 3.05) is 6.61 Å². The maximum absolute atomic E-state index is 12.0. The van der Waals surface area contributed by atoms with Crippen LogP contribution in [0.1, 0.15) is 420 Å². The van der Waals surface area contributed by atoms with Gasteiger partial charge in [-0.05, 0) is 337 Å². The smallest absolute Gasteiger partial charge is 0.326 e. The van der Waals surface area contributed by atoms with Gasteiger partial charge in [-0.2, -0.15) is 0 Å². The van der Waals surface area contributed by atoms with Gasteiger partial charge in [0.15, 0.2) is 0 Å². The first kappa shape index (κ1) is 137. The van der Waals surface area contributed by atoms with Gasteiger partial charge in [0.1, 0.15) is 71.7 Å². The van der Waals surface area contributed by atoms with Crippen molar-refractivity contribution in [2.45, 2.75) is 576 Å². The van der Waals surface area contributed by atoms with E-state index in [4.69, 9.17) is 42.6 Å². The largest absolute Gasteiger partial charge is 0.465 e. The summed E-state index contributed by atoms with van der Waals surface area (Å²) in [6, 6.07) is 9.91. The van der Waals surface area contributed by atoms with Crippen molar-refractivity contribution in [1.29, 1.82) is 0 Å². The van der Waals surface area contributed by atoms with Crippen molar-refractivity contribution in [2.24, 2.45) is 5.92 Å². The standard InChI is InChI=1S/C15H23NO2.C13H25NO2.C12H23NO2.3C12H25NO2.2C10H21NO2.C9H19NO2/c1-11(2)16-14(15(17)18-12(3)4)10-13-8-6-5-7-9-13;1-10(14-13(2,3)4)12(15)16-11-8-6-5-7-9-11;1-9(13-12(2,3)4)11(14)15-10-7-5-6-8-10;1-8(2)7-11(13-9(3)4)12(14)15-10(5)6;1-7-8-10(13-12(4,5)6)11(14)15-9(2)3;1-7-10(8-2)15-11(14)9(3)13-12(4,5)6;1-7(2)11-10(5,6)9(12)13-8(3)4;1-6-9(11-7(2)3)10(12)13-8(4)5;1-6-12-8(11)9(4,5)10-7(2)3/h5-9,11-12,14,16H,10H2,1-4H3;10-11,14H,5-9H2,1-4H3;9-10,13H,5-8H2,1-4H3;8-11,13H,7H2,1-6H3;2*9-10,13H,7-8H2,1-6H3;7-8,11H,1-6H3;7-9,11H,6H2,1-5H3;7,10H,6H2,1-5H3/t14-;10-;9-;11-;10-;9-;;9-;/m000000.0./s1. The molecule has 2 aliphatic carbocycles. The second kappa shape index (κ2) is 72.4.